The van der Waals surface area contributed by atoms with Crippen LogP contribution in [0.3, 0.4) is 0 Å². The van der Waals surface area contributed by atoms with Crippen molar-refractivity contribution in [2.75, 3.05) is 0 Å². The van der Waals surface area contributed by atoms with Gasteiger partial charge in [-0.1, -0.05) is 72.8 Å². The zero-order valence-corrected chi connectivity index (χ0v) is 11.7. The first-order chi connectivity index (χ1) is 10.4. The van der Waals surface area contributed by atoms with Crippen molar-refractivity contribution >= 4 is 10.8 Å². The van der Waals surface area contributed by atoms with Gasteiger partial charge >= 0.3 is 0 Å². The van der Waals surface area contributed by atoms with Crippen molar-refractivity contribution in [3.63, 3.8) is 0 Å². The molecular formula is C20H17N. The summed E-state index contributed by atoms with van der Waals surface area (Å²) < 4.78 is 0. The van der Waals surface area contributed by atoms with Gasteiger partial charge in [-0.3, -0.25) is 0 Å². The average molecular weight is 271 g/mol. The molecule has 1 N–H and O–H groups in total. The molecule has 0 bridgehead atoms. The van der Waals surface area contributed by atoms with E-state index >= 15 is 0 Å². The van der Waals surface area contributed by atoms with Crippen LogP contribution in [0.1, 0.15) is 0 Å². The van der Waals surface area contributed by atoms with E-state index in [2.05, 4.69) is 66.0 Å². The molecular weight excluding hydrogens is 254 g/mol. The quantitative estimate of drug-likeness (QED) is 0.598. The van der Waals surface area contributed by atoms with E-state index in [0.29, 0.717) is 0 Å². The molecule has 21 heavy (non-hydrogen) atoms. The van der Waals surface area contributed by atoms with Crippen LogP contribution in [0.25, 0.3) is 21.9 Å². The number of rotatable bonds is 0. The predicted molar refractivity (Wildman–Crippen MR) is 91.1 cm³/mol. The first kappa shape index (κ1) is 13.2. The SMILES string of the molecule is C1=CC=CNC=C1.c1cc2cccc3ccccc3c-2c1. The fourth-order valence-electron chi connectivity index (χ4n) is 2.37. The summed E-state index contributed by atoms with van der Waals surface area (Å²) in [5.41, 5.74) is 2.65. The van der Waals surface area contributed by atoms with Gasteiger partial charge in [-0.15, -0.1) is 0 Å². The summed E-state index contributed by atoms with van der Waals surface area (Å²) >= 11 is 0. The number of benzene rings is 1. The fraction of sp³-hybridized carbons (Fsp3) is 0. The van der Waals surface area contributed by atoms with Crippen molar-refractivity contribution in [3.8, 4) is 11.1 Å². The lowest BCUT2D eigenvalue weighted by Crippen LogP contribution is -1.87. The van der Waals surface area contributed by atoms with Crippen molar-refractivity contribution in [1.29, 1.82) is 0 Å². The molecule has 0 aromatic heterocycles. The van der Waals surface area contributed by atoms with Crippen molar-refractivity contribution in [2.45, 2.75) is 0 Å². The molecule has 1 aromatic carbocycles. The second kappa shape index (κ2) is 6.58. The molecule has 0 unspecified atom stereocenters. The Morgan fingerprint density at radius 2 is 1.24 bits per heavy atom. The van der Waals surface area contributed by atoms with Crippen LogP contribution in [0, 0.1) is 0 Å². The molecule has 3 aliphatic rings. The van der Waals surface area contributed by atoms with E-state index in [1.165, 1.54) is 21.9 Å². The molecule has 0 spiro atoms. The van der Waals surface area contributed by atoms with Crippen molar-refractivity contribution in [2.24, 2.45) is 0 Å². The van der Waals surface area contributed by atoms with Crippen molar-refractivity contribution in [1.82, 2.24) is 5.32 Å². The molecule has 1 aromatic rings. The van der Waals surface area contributed by atoms with Gasteiger partial charge in [0.25, 0.3) is 0 Å². The molecule has 102 valence electrons. The highest BCUT2D eigenvalue weighted by molar-refractivity contribution is 5.96. The van der Waals surface area contributed by atoms with Gasteiger partial charge in [0.05, 0.1) is 0 Å². The highest BCUT2D eigenvalue weighted by atomic mass is 14.8. The lowest BCUT2D eigenvalue weighted by atomic mass is 10.1. The van der Waals surface area contributed by atoms with Crippen LogP contribution >= 0.6 is 0 Å². The molecule has 0 atom stereocenters. The number of allylic oxidation sites excluding steroid dienone is 4. The molecule has 1 nitrogen and oxygen atoms in total. The molecule has 1 aliphatic heterocycles. The maximum absolute atomic E-state index is 2.92. The van der Waals surface area contributed by atoms with Gasteiger partial charge in [0.1, 0.15) is 0 Å². The van der Waals surface area contributed by atoms with E-state index in [1.807, 2.05) is 36.7 Å². The molecule has 0 amide bonds. The minimum Gasteiger partial charge on any atom is -0.368 e. The second-order valence-corrected chi connectivity index (χ2v) is 4.78. The van der Waals surface area contributed by atoms with Crippen LogP contribution < -0.4 is 5.32 Å². The topological polar surface area (TPSA) is 12.0 Å². The lowest BCUT2D eigenvalue weighted by molar-refractivity contribution is 1.20. The third-order valence-electron chi connectivity index (χ3n) is 3.37. The predicted octanol–water partition coefficient (Wildman–Crippen LogP) is 5.12. The molecule has 2 aliphatic carbocycles. The van der Waals surface area contributed by atoms with Crippen LogP contribution in [0.15, 0.2) is 97.4 Å². The molecule has 4 rings (SSSR count). The Morgan fingerprint density at radius 3 is 2.05 bits per heavy atom. The Bertz CT molecular complexity index is 767. The zero-order valence-electron chi connectivity index (χ0n) is 11.7. The average Bonchev–Trinajstić information content (AvgIpc) is 2.74. The second-order valence-electron chi connectivity index (χ2n) is 4.78. The van der Waals surface area contributed by atoms with Crippen LogP contribution in [0.4, 0.5) is 0 Å². The van der Waals surface area contributed by atoms with Crippen LogP contribution in [0.2, 0.25) is 0 Å². The first-order valence-corrected chi connectivity index (χ1v) is 7.06. The number of fused-ring (bicyclic) bond motifs is 3. The van der Waals surface area contributed by atoms with Crippen LogP contribution in [-0.2, 0) is 0 Å². The van der Waals surface area contributed by atoms with Crippen LogP contribution in [0.5, 0.6) is 0 Å². The van der Waals surface area contributed by atoms with Crippen molar-refractivity contribution < 1.29 is 0 Å². The Morgan fingerprint density at radius 1 is 0.571 bits per heavy atom. The molecule has 0 saturated carbocycles. The summed E-state index contributed by atoms with van der Waals surface area (Å²) in [7, 11) is 0. The van der Waals surface area contributed by atoms with Crippen molar-refractivity contribution in [3.05, 3.63) is 97.4 Å². The lowest BCUT2D eigenvalue weighted by Gasteiger charge is -1.96. The maximum Gasteiger partial charge on any atom is 0.000442 e. The van der Waals surface area contributed by atoms with Gasteiger partial charge in [0.2, 0.25) is 0 Å². The Hall–Kier alpha value is -2.80. The largest absolute Gasteiger partial charge is 0.368 e. The van der Waals surface area contributed by atoms with E-state index in [1.54, 1.807) is 0 Å². The van der Waals surface area contributed by atoms with Gasteiger partial charge in [-0.25, -0.2) is 0 Å². The molecule has 0 saturated heterocycles. The summed E-state index contributed by atoms with van der Waals surface area (Å²) in [5, 5.41) is 5.55. The number of hydrogen-bond donors (Lipinski definition) is 1. The van der Waals surface area contributed by atoms with Gasteiger partial charge in [-0.2, -0.15) is 0 Å². The van der Waals surface area contributed by atoms with Gasteiger partial charge < -0.3 is 5.32 Å². The smallest absolute Gasteiger partial charge is 0.000442 e. The Labute approximate surface area is 125 Å². The van der Waals surface area contributed by atoms with Gasteiger partial charge in [-0.05, 0) is 34.1 Å². The third kappa shape index (κ3) is 3.21. The monoisotopic (exact) mass is 271 g/mol. The van der Waals surface area contributed by atoms with Gasteiger partial charge in [0, 0.05) is 12.4 Å². The van der Waals surface area contributed by atoms with E-state index in [9.17, 15) is 0 Å². The highest BCUT2D eigenvalue weighted by Gasteiger charge is 2.03. The summed E-state index contributed by atoms with van der Waals surface area (Å²) in [5.74, 6) is 0. The zero-order chi connectivity index (χ0) is 14.3. The van der Waals surface area contributed by atoms with E-state index in [0.717, 1.165) is 0 Å². The molecule has 0 fully saturated rings. The normalized spacial score (nSPS) is 12.6. The Kier molecular flexibility index (Phi) is 4.13. The summed E-state index contributed by atoms with van der Waals surface area (Å²) in [6, 6.07) is 21.4. The minimum absolute atomic E-state index is 1.30. The third-order valence-corrected chi connectivity index (χ3v) is 3.37. The standard InChI is InChI=1S/C14H10.C6H7N/c1-2-9-13-11(5-1)6-3-7-12-8-4-10-14(12)13;1-2-4-6-7-5-3-1/h1-10H;1-7H. The number of hydrogen-bond acceptors (Lipinski definition) is 1. The maximum atomic E-state index is 2.92. The fourth-order valence-corrected chi connectivity index (χ4v) is 2.37. The number of nitrogens with one attached hydrogen (secondary N) is 1. The summed E-state index contributed by atoms with van der Waals surface area (Å²) in [6.07, 6.45) is 11.6. The van der Waals surface area contributed by atoms with E-state index < -0.39 is 0 Å². The summed E-state index contributed by atoms with van der Waals surface area (Å²) in [4.78, 5) is 0. The van der Waals surface area contributed by atoms with E-state index in [-0.39, 0.29) is 0 Å². The van der Waals surface area contributed by atoms with Gasteiger partial charge in [0.15, 0.2) is 0 Å². The molecule has 1 heterocycles. The summed E-state index contributed by atoms with van der Waals surface area (Å²) in [6.45, 7) is 0. The molecule has 0 radical (unpaired) electrons. The Balaban J connectivity index is 0.000000160. The highest BCUT2D eigenvalue weighted by Crippen LogP contribution is 2.29. The van der Waals surface area contributed by atoms with Crippen LogP contribution in [-0.4, -0.2) is 0 Å². The first-order valence-electron chi connectivity index (χ1n) is 7.06. The molecule has 1 heteroatoms. The van der Waals surface area contributed by atoms with E-state index in [4.69, 9.17) is 0 Å². The minimum atomic E-state index is 1.30.